The van der Waals surface area contributed by atoms with Crippen molar-refractivity contribution in [2.24, 2.45) is 0 Å². The average Bonchev–Trinajstić information content (AvgIpc) is 2.87. The van der Waals surface area contributed by atoms with E-state index in [-0.39, 0.29) is 33.9 Å². The van der Waals surface area contributed by atoms with E-state index in [4.69, 9.17) is 34.8 Å². The van der Waals surface area contributed by atoms with Gasteiger partial charge in [0.2, 0.25) is 15.9 Å². The molecule has 1 saturated heterocycles. The topological polar surface area (TPSA) is 60.9 Å². The van der Waals surface area contributed by atoms with Crippen molar-refractivity contribution < 1.29 is 13.2 Å². The summed E-state index contributed by atoms with van der Waals surface area (Å²) in [5, 5.41) is 0.961. The fourth-order valence-electron chi connectivity index (χ4n) is 4.20. The summed E-state index contributed by atoms with van der Waals surface area (Å²) in [4.78, 5) is 17.1. The monoisotopic (exact) mass is 565 g/mol. The number of aryl methyl sites for hydroxylation is 1. The molecule has 36 heavy (non-hydrogen) atoms. The molecule has 10 heteroatoms. The van der Waals surface area contributed by atoms with Crippen molar-refractivity contribution in [1.29, 1.82) is 0 Å². The van der Waals surface area contributed by atoms with E-state index in [1.165, 1.54) is 18.2 Å². The Labute approximate surface area is 227 Å². The normalized spacial score (nSPS) is 14.4. The molecule has 3 aromatic rings. The smallest absolute Gasteiger partial charge is 0.245 e. The SMILES string of the molecule is Cc1ccc(Cl)cc1N1CCN(C(=O)CN(Cc2ccccc2)S(=O)(=O)c2cc(Cl)ccc2Cl)CC1. The molecule has 1 heterocycles. The van der Waals surface area contributed by atoms with Gasteiger partial charge < -0.3 is 9.80 Å². The molecule has 1 fully saturated rings. The quantitative estimate of drug-likeness (QED) is 0.379. The van der Waals surface area contributed by atoms with Crippen LogP contribution in [0.2, 0.25) is 15.1 Å². The van der Waals surface area contributed by atoms with Crippen molar-refractivity contribution in [3.63, 3.8) is 0 Å². The second-order valence-electron chi connectivity index (χ2n) is 8.63. The molecule has 4 rings (SSSR count). The summed E-state index contributed by atoms with van der Waals surface area (Å²) >= 11 is 18.5. The standard InChI is InChI=1S/C26H26Cl3N3O3S/c1-19-7-8-21(27)15-24(19)30-11-13-31(14-12-30)26(33)18-32(17-20-5-3-2-4-6-20)36(34,35)25-16-22(28)9-10-23(25)29/h2-10,15-16H,11-14,17-18H2,1H3. The fourth-order valence-corrected chi connectivity index (χ4v) is 6.48. The lowest BCUT2D eigenvalue weighted by Crippen LogP contribution is -2.52. The van der Waals surface area contributed by atoms with Crippen LogP contribution in [-0.2, 0) is 21.4 Å². The van der Waals surface area contributed by atoms with E-state index < -0.39 is 10.0 Å². The number of piperazine rings is 1. The second kappa shape index (κ2) is 11.4. The highest BCUT2D eigenvalue weighted by atomic mass is 35.5. The van der Waals surface area contributed by atoms with Gasteiger partial charge in [0.25, 0.3) is 0 Å². The summed E-state index contributed by atoms with van der Waals surface area (Å²) in [6.07, 6.45) is 0. The number of nitrogens with zero attached hydrogens (tertiary/aromatic N) is 3. The van der Waals surface area contributed by atoms with Crippen molar-refractivity contribution in [1.82, 2.24) is 9.21 Å². The zero-order valence-electron chi connectivity index (χ0n) is 19.7. The highest BCUT2D eigenvalue weighted by Crippen LogP contribution is 2.29. The lowest BCUT2D eigenvalue weighted by Gasteiger charge is -2.37. The van der Waals surface area contributed by atoms with E-state index in [1.54, 1.807) is 4.90 Å². The van der Waals surface area contributed by atoms with Crippen LogP contribution in [0.15, 0.2) is 71.6 Å². The molecule has 0 aliphatic carbocycles. The van der Waals surface area contributed by atoms with Gasteiger partial charge in [0.15, 0.2) is 0 Å². The zero-order chi connectivity index (χ0) is 25.9. The predicted molar refractivity (Wildman–Crippen MR) is 145 cm³/mol. The van der Waals surface area contributed by atoms with Crippen molar-refractivity contribution in [2.45, 2.75) is 18.4 Å². The van der Waals surface area contributed by atoms with Gasteiger partial charge in [-0.3, -0.25) is 4.79 Å². The van der Waals surface area contributed by atoms with Gasteiger partial charge in [-0.25, -0.2) is 8.42 Å². The van der Waals surface area contributed by atoms with Crippen molar-refractivity contribution in [3.05, 3.63) is 92.9 Å². The van der Waals surface area contributed by atoms with Crippen LogP contribution in [0.4, 0.5) is 5.69 Å². The Morgan fingerprint density at radius 1 is 0.889 bits per heavy atom. The first-order chi connectivity index (χ1) is 17.1. The molecule has 1 aliphatic rings. The number of benzene rings is 3. The number of carbonyl (C=O) groups excluding carboxylic acids is 1. The van der Waals surface area contributed by atoms with Crippen molar-refractivity contribution in [2.75, 3.05) is 37.6 Å². The van der Waals surface area contributed by atoms with Crippen LogP contribution in [-0.4, -0.2) is 56.3 Å². The van der Waals surface area contributed by atoms with Gasteiger partial charge in [-0.2, -0.15) is 4.31 Å². The molecule has 0 bridgehead atoms. The maximum Gasteiger partial charge on any atom is 0.245 e. The fraction of sp³-hybridized carbons (Fsp3) is 0.269. The van der Waals surface area contributed by atoms with Gasteiger partial charge in [0, 0.05) is 48.5 Å². The number of hydrogen-bond donors (Lipinski definition) is 0. The summed E-state index contributed by atoms with van der Waals surface area (Å²) in [6.45, 7) is 3.94. The number of anilines is 1. The average molecular weight is 567 g/mol. The summed E-state index contributed by atoms with van der Waals surface area (Å²) in [6, 6.07) is 19.2. The molecule has 190 valence electrons. The van der Waals surface area contributed by atoms with Crippen LogP contribution < -0.4 is 4.90 Å². The highest BCUT2D eigenvalue weighted by Gasteiger charge is 2.31. The molecule has 0 saturated carbocycles. The molecular formula is C26H26Cl3N3O3S. The molecule has 0 N–H and O–H groups in total. The molecule has 0 spiro atoms. The van der Waals surface area contributed by atoms with Crippen molar-refractivity contribution >= 4 is 56.4 Å². The summed E-state index contributed by atoms with van der Waals surface area (Å²) < 4.78 is 28.4. The number of halogens is 3. The van der Waals surface area contributed by atoms with Gasteiger partial charge >= 0.3 is 0 Å². The van der Waals surface area contributed by atoms with Gasteiger partial charge in [0.05, 0.1) is 11.6 Å². The second-order valence-corrected chi connectivity index (χ2v) is 11.8. The number of rotatable bonds is 7. The Kier molecular flexibility index (Phi) is 8.48. The van der Waals surface area contributed by atoms with Crippen LogP contribution >= 0.6 is 34.8 Å². The van der Waals surface area contributed by atoms with Crippen LogP contribution in [0.5, 0.6) is 0 Å². The number of hydrogen-bond acceptors (Lipinski definition) is 4. The number of carbonyl (C=O) groups is 1. The number of sulfonamides is 1. The van der Waals surface area contributed by atoms with Gasteiger partial charge in [-0.15, -0.1) is 0 Å². The maximum absolute atomic E-state index is 13.6. The molecule has 1 aliphatic heterocycles. The van der Waals surface area contributed by atoms with E-state index in [1.807, 2.05) is 55.5 Å². The minimum atomic E-state index is -4.11. The van der Waals surface area contributed by atoms with E-state index in [0.717, 1.165) is 21.1 Å². The van der Waals surface area contributed by atoms with Crippen LogP contribution in [0, 0.1) is 6.92 Å². The first-order valence-electron chi connectivity index (χ1n) is 11.4. The lowest BCUT2D eigenvalue weighted by atomic mass is 10.1. The molecule has 6 nitrogen and oxygen atoms in total. The Morgan fingerprint density at radius 2 is 1.53 bits per heavy atom. The third kappa shape index (κ3) is 6.15. The van der Waals surface area contributed by atoms with Crippen LogP contribution in [0.25, 0.3) is 0 Å². The minimum Gasteiger partial charge on any atom is -0.368 e. The predicted octanol–water partition coefficient (Wildman–Crippen LogP) is 5.49. The molecule has 3 aromatic carbocycles. The Bertz CT molecular complexity index is 1350. The summed E-state index contributed by atoms with van der Waals surface area (Å²) in [7, 11) is -4.11. The highest BCUT2D eigenvalue weighted by molar-refractivity contribution is 7.89. The lowest BCUT2D eigenvalue weighted by molar-refractivity contribution is -0.131. The Morgan fingerprint density at radius 3 is 2.22 bits per heavy atom. The van der Waals surface area contributed by atoms with Crippen LogP contribution in [0.1, 0.15) is 11.1 Å². The third-order valence-corrected chi connectivity index (χ3v) is 8.91. The van der Waals surface area contributed by atoms with Gasteiger partial charge in [-0.1, -0.05) is 71.2 Å². The third-order valence-electron chi connectivity index (χ3n) is 6.17. The van der Waals surface area contributed by atoms with E-state index in [0.29, 0.717) is 31.2 Å². The maximum atomic E-state index is 13.6. The Balaban J connectivity index is 1.53. The molecule has 0 radical (unpaired) electrons. The number of amides is 1. The molecule has 0 unspecified atom stereocenters. The van der Waals surface area contributed by atoms with Gasteiger partial charge in [-0.05, 0) is 48.4 Å². The largest absolute Gasteiger partial charge is 0.368 e. The van der Waals surface area contributed by atoms with Crippen molar-refractivity contribution in [3.8, 4) is 0 Å². The van der Waals surface area contributed by atoms with E-state index >= 15 is 0 Å². The van der Waals surface area contributed by atoms with E-state index in [2.05, 4.69) is 4.90 Å². The van der Waals surface area contributed by atoms with Crippen LogP contribution in [0.3, 0.4) is 0 Å². The summed E-state index contributed by atoms with van der Waals surface area (Å²) in [5.41, 5.74) is 2.91. The molecule has 0 aromatic heterocycles. The molecule has 1 amide bonds. The van der Waals surface area contributed by atoms with E-state index in [9.17, 15) is 13.2 Å². The van der Waals surface area contributed by atoms with Gasteiger partial charge in [0.1, 0.15) is 4.90 Å². The first kappa shape index (κ1) is 26.8. The Hall–Kier alpha value is -2.29. The first-order valence-corrected chi connectivity index (χ1v) is 14.0. The molecular weight excluding hydrogens is 541 g/mol. The summed E-state index contributed by atoms with van der Waals surface area (Å²) in [5.74, 6) is -0.268. The molecule has 0 atom stereocenters. The minimum absolute atomic E-state index is 0.0272. The zero-order valence-corrected chi connectivity index (χ0v) is 22.8.